The van der Waals surface area contributed by atoms with Crippen LogP contribution in [0.5, 0.6) is 0 Å². The third-order valence-corrected chi connectivity index (χ3v) is 9.95. The van der Waals surface area contributed by atoms with Crippen molar-refractivity contribution in [1.29, 1.82) is 0 Å². The number of aliphatic hydroxyl groups excluding tert-OH is 1. The lowest BCUT2D eigenvalue weighted by atomic mass is 10.0. The zero-order valence-corrected chi connectivity index (χ0v) is 29.9. The number of rotatable bonds is 23. The van der Waals surface area contributed by atoms with Gasteiger partial charge < -0.3 is 19.3 Å². The van der Waals surface area contributed by atoms with Crippen molar-refractivity contribution < 1.29 is 28.3 Å². The lowest BCUT2D eigenvalue weighted by Crippen LogP contribution is -2.44. The van der Waals surface area contributed by atoms with Crippen LogP contribution < -0.4 is 0 Å². The van der Waals surface area contributed by atoms with E-state index in [4.69, 9.17) is 14.2 Å². The highest BCUT2D eigenvalue weighted by molar-refractivity contribution is 7.86. The minimum absolute atomic E-state index is 0.199. The van der Waals surface area contributed by atoms with E-state index in [1.165, 1.54) is 64.2 Å². The highest BCUT2D eigenvalue weighted by atomic mass is 32.2. The van der Waals surface area contributed by atoms with E-state index in [1.807, 2.05) is 19.1 Å². The van der Waals surface area contributed by atoms with Gasteiger partial charge in [0.25, 0.3) is 0 Å². The Balaban J connectivity index is 1.88. The van der Waals surface area contributed by atoms with E-state index in [0.29, 0.717) is 11.5 Å². The molecule has 45 heavy (non-hydrogen) atoms. The van der Waals surface area contributed by atoms with E-state index in [2.05, 4.69) is 19.1 Å². The second-order valence-corrected chi connectivity index (χ2v) is 15.4. The molecule has 0 aliphatic carbocycles. The summed E-state index contributed by atoms with van der Waals surface area (Å²) in [6.07, 6.45) is 22.9. The van der Waals surface area contributed by atoms with Crippen LogP contribution in [0.4, 0.5) is 0 Å². The van der Waals surface area contributed by atoms with Gasteiger partial charge in [0.05, 0.1) is 23.0 Å². The van der Waals surface area contributed by atoms with Gasteiger partial charge in [-0.05, 0) is 91.2 Å². The summed E-state index contributed by atoms with van der Waals surface area (Å²) in [7, 11) is -1.78. The summed E-state index contributed by atoms with van der Waals surface area (Å²) in [5.41, 5.74) is 0.271. The smallest absolute Gasteiger partial charge is 0.325 e. The Morgan fingerprint density at radius 1 is 0.956 bits per heavy atom. The Labute approximate surface area is 277 Å². The standard InChI is InChI=1S/C38H64O6S/c1-6-7-8-9-10-11-12-13-14-15-16-17-18-19-20-23-32(43-35-24-21-22-29-42-35)30-34(39)36(37(40)44-38(3,4)5)45(41)33-27-25-31(2)26-28-33/h13-14,25-28,32,34-36,39H,6-12,15-24,29-30H2,1-5H3/b14-13-/t32-,34+,35?,36?,45-/m1/s1. The Hall–Kier alpha value is -1.54. The number of benzene rings is 1. The zero-order valence-electron chi connectivity index (χ0n) is 29.1. The number of ether oxygens (including phenoxy) is 3. The molecule has 0 aromatic heterocycles. The van der Waals surface area contributed by atoms with Crippen molar-refractivity contribution in [2.75, 3.05) is 6.61 Å². The van der Waals surface area contributed by atoms with E-state index < -0.39 is 33.7 Å². The number of esters is 1. The first-order valence-corrected chi connectivity index (χ1v) is 19.1. The van der Waals surface area contributed by atoms with Crippen molar-refractivity contribution in [3.05, 3.63) is 42.0 Å². The second kappa shape index (κ2) is 22.9. The van der Waals surface area contributed by atoms with Gasteiger partial charge in [-0.3, -0.25) is 9.00 Å². The number of unbranched alkanes of at least 4 members (excludes halogenated alkanes) is 11. The summed E-state index contributed by atoms with van der Waals surface area (Å²) < 4.78 is 31.6. The molecule has 1 aliphatic rings. The van der Waals surface area contributed by atoms with Crippen LogP contribution in [0, 0.1) is 6.92 Å². The SMILES string of the molecule is CCCCCCCC/C=C\CCCCCCC[C@H](C[C@H](O)C(C(=O)OC(C)(C)C)[S@](=O)c1ccc(C)cc1)OC1CCCCO1. The first kappa shape index (κ1) is 39.6. The number of carbonyl (C=O) groups excluding carboxylic acids is 1. The first-order valence-electron chi connectivity index (χ1n) is 17.9. The summed E-state index contributed by atoms with van der Waals surface area (Å²) in [5, 5.41) is 10.3. The molecule has 2 unspecified atom stereocenters. The van der Waals surface area contributed by atoms with Crippen LogP contribution in [0.2, 0.25) is 0 Å². The van der Waals surface area contributed by atoms with E-state index in [9.17, 15) is 14.1 Å². The fourth-order valence-electron chi connectivity index (χ4n) is 5.68. The Morgan fingerprint density at radius 3 is 2.13 bits per heavy atom. The Bertz CT molecular complexity index is 963. The second-order valence-electron chi connectivity index (χ2n) is 13.8. The molecule has 0 radical (unpaired) electrons. The van der Waals surface area contributed by atoms with Crippen molar-refractivity contribution in [2.24, 2.45) is 0 Å². The molecule has 1 N–H and O–H groups in total. The van der Waals surface area contributed by atoms with Gasteiger partial charge in [0.1, 0.15) is 5.60 Å². The van der Waals surface area contributed by atoms with E-state index in [0.717, 1.165) is 50.5 Å². The van der Waals surface area contributed by atoms with Gasteiger partial charge in [-0.2, -0.15) is 0 Å². The fourth-order valence-corrected chi connectivity index (χ4v) is 6.99. The van der Waals surface area contributed by atoms with Crippen molar-refractivity contribution in [2.45, 2.75) is 184 Å². The molecule has 5 atom stereocenters. The maximum absolute atomic E-state index is 13.7. The third-order valence-electron chi connectivity index (χ3n) is 8.25. The van der Waals surface area contributed by atoms with Gasteiger partial charge >= 0.3 is 5.97 Å². The van der Waals surface area contributed by atoms with Gasteiger partial charge in [0.15, 0.2) is 11.5 Å². The number of aliphatic hydroxyl groups is 1. The van der Waals surface area contributed by atoms with Crippen LogP contribution in [0.3, 0.4) is 0 Å². The average Bonchev–Trinajstić information content (AvgIpc) is 2.99. The van der Waals surface area contributed by atoms with Crippen molar-refractivity contribution >= 4 is 16.8 Å². The maximum atomic E-state index is 13.7. The fraction of sp³-hybridized carbons (Fsp3) is 0.763. The predicted octanol–water partition coefficient (Wildman–Crippen LogP) is 9.51. The van der Waals surface area contributed by atoms with Gasteiger partial charge in [-0.1, -0.05) is 94.6 Å². The van der Waals surface area contributed by atoms with Crippen LogP contribution >= 0.6 is 0 Å². The summed E-state index contributed by atoms with van der Waals surface area (Å²) in [6, 6.07) is 7.24. The van der Waals surface area contributed by atoms with Crippen LogP contribution in [0.15, 0.2) is 41.3 Å². The molecule has 0 saturated carbocycles. The number of aryl methyl sites for hydroxylation is 1. The van der Waals surface area contributed by atoms with Crippen LogP contribution in [-0.4, -0.2) is 51.2 Å². The molecule has 0 bridgehead atoms. The largest absolute Gasteiger partial charge is 0.459 e. The molecule has 7 heteroatoms. The molecular weight excluding hydrogens is 584 g/mol. The predicted molar refractivity (Wildman–Crippen MR) is 186 cm³/mol. The molecule has 1 aromatic carbocycles. The van der Waals surface area contributed by atoms with Gasteiger partial charge in [-0.25, -0.2) is 0 Å². The average molecular weight is 649 g/mol. The monoisotopic (exact) mass is 648 g/mol. The van der Waals surface area contributed by atoms with Gasteiger partial charge in [0, 0.05) is 17.9 Å². The molecule has 258 valence electrons. The lowest BCUT2D eigenvalue weighted by molar-refractivity contribution is -0.194. The summed E-state index contributed by atoms with van der Waals surface area (Å²) in [6.45, 7) is 10.2. The summed E-state index contributed by atoms with van der Waals surface area (Å²) in [4.78, 5) is 13.8. The van der Waals surface area contributed by atoms with Crippen LogP contribution in [-0.2, 0) is 29.8 Å². The number of allylic oxidation sites excluding steroid dienone is 2. The van der Waals surface area contributed by atoms with Gasteiger partial charge in [-0.15, -0.1) is 0 Å². The number of carbonyl (C=O) groups is 1. The van der Waals surface area contributed by atoms with E-state index >= 15 is 0 Å². The van der Waals surface area contributed by atoms with Crippen LogP contribution in [0.1, 0.15) is 149 Å². The first-order chi connectivity index (χ1) is 21.6. The molecule has 1 fully saturated rings. The topological polar surface area (TPSA) is 82.1 Å². The van der Waals surface area contributed by atoms with Crippen molar-refractivity contribution in [3.63, 3.8) is 0 Å². The quantitative estimate of drug-likeness (QED) is 0.0723. The molecule has 2 rings (SSSR count). The zero-order chi connectivity index (χ0) is 32.9. The van der Waals surface area contributed by atoms with Crippen molar-refractivity contribution in [1.82, 2.24) is 0 Å². The number of hydrogen-bond donors (Lipinski definition) is 1. The molecule has 6 nitrogen and oxygen atoms in total. The molecular formula is C38H64O6S. The normalized spacial score (nSPS) is 18.5. The van der Waals surface area contributed by atoms with E-state index in [1.54, 1.807) is 32.9 Å². The molecule has 0 amide bonds. The lowest BCUT2D eigenvalue weighted by Gasteiger charge is -2.31. The highest BCUT2D eigenvalue weighted by Gasteiger charge is 2.38. The highest BCUT2D eigenvalue weighted by Crippen LogP contribution is 2.26. The summed E-state index contributed by atoms with van der Waals surface area (Å²) in [5.74, 6) is -0.650. The summed E-state index contributed by atoms with van der Waals surface area (Å²) >= 11 is 0. The number of hydrogen-bond acceptors (Lipinski definition) is 6. The molecule has 1 aliphatic heterocycles. The molecule has 1 heterocycles. The van der Waals surface area contributed by atoms with Crippen LogP contribution in [0.25, 0.3) is 0 Å². The van der Waals surface area contributed by atoms with E-state index in [-0.39, 0.29) is 18.8 Å². The third kappa shape index (κ3) is 17.8. The van der Waals surface area contributed by atoms with Gasteiger partial charge in [0.2, 0.25) is 0 Å². The maximum Gasteiger partial charge on any atom is 0.325 e. The Morgan fingerprint density at radius 2 is 1.56 bits per heavy atom. The Kier molecular flexibility index (Phi) is 20.2. The molecule has 1 saturated heterocycles. The minimum atomic E-state index is -1.78. The molecule has 1 aromatic rings. The minimum Gasteiger partial charge on any atom is -0.459 e. The molecule has 0 spiro atoms. The van der Waals surface area contributed by atoms with Crippen molar-refractivity contribution in [3.8, 4) is 0 Å².